The van der Waals surface area contributed by atoms with E-state index in [-0.39, 0.29) is 6.54 Å². The van der Waals surface area contributed by atoms with Crippen molar-refractivity contribution in [1.29, 1.82) is 0 Å². The van der Waals surface area contributed by atoms with E-state index in [1.165, 1.54) is 11.6 Å². The Morgan fingerprint density at radius 2 is 1.88 bits per heavy atom. The summed E-state index contributed by atoms with van der Waals surface area (Å²) >= 11 is 0. The van der Waals surface area contributed by atoms with Gasteiger partial charge in [0.05, 0.1) is 5.25 Å². The van der Waals surface area contributed by atoms with Crippen LogP contribution >= 0.6 is 0 Å². The minimum Gasteiger partial charge on any atom is -0.315 e. The summed E-state index contributed by atoms with van der Waals surface area (Å²) < 4.78 is 59.6. The Bertz CT molecular complexity index is 290. The quantitative estimate of drug-likeness (QED) is 0.669. The second-order valence-corrected chi connectivity index (χ2v) is 5.68. The van der Waals surface area contributed by atoms with Gasteiger partial charge in [-0.15, -0.1) is 0 Å². The third kappa shape index (κ3) is 7.02. The zero-order valence-electron chi connectivity index (χ0n) is 9.26. The second-order valence-electron chi connectivity index (χ2n) is 3.50. The topological polar surface area (TPSA) is 58.2 Å². The van der Waals surface area contributed by atoms with Gasteiger partial charge in [0.1, 0.15) is 6.54 Å². The number of rotatable bonds is 7. The monoisotopic (exact) mass is 262 g/mol. The summed E-state index contributed by atoms with van der Waals surface area (Å²) in [7, 11) is -3.91. The minimum absolute atomic E-state index is 0.140. The van der Waals surface area contributed by atoms with Gasteiger partial charge in [-0.05, 0) is 19.9 Å². The lowest BCUT2D eigenvalue weighted by Gasteiger charge is -2.15. The molecule has 0 aromatic heterocycles. The van der Waals surface area contributed by atoms with E-state index in [2.05, 4.69) is 5.32 Å². The third-order valence-corrected chi connectivity index (χ3v) is 3.63. The average molecular weight is 262 g/mol. The molecule has 0 amide bonds. The van der Waals surface area contributed by atoms with E-state index in [1.807, 2.05) is 6.92 Å². The van der Waals surface area contributed by atoms with Crippen LogP contribution in [0.1, 0.15) is 20.3 Å². The van der Waals surface area contributed by atoms with E-state index < -0.39 is 28.0 Å². The molecule has 0 aliphatic heterocycles. The van der Waals surface area contributed by atoms with E-state index in [0.717, 1.165) is 6.42 Å². The van der Waals surface area contributed by atoms with Crippen molar-refractivity contribution in [2.45, 2.75) is 31.7 Å². The van der Waals surface area contributed by atoms with E-state index in [1.54, 1.807) is 0 Å². The first-order chi connectivity index (χ1) is 7.19. The summed E-state index contributed by atoms with van der Waals surface area (Å²) in [6, 6.07) is 0. The Kier molecular flexibility index (Phi) is 6.27. The fraction of sp³-hybridized carbons (Fsp3) is 1.00. The fourth-order valence-electron chi connectivity index (χ4n) is 0.916. The lowest BCUT2D eigenvalue weighted by Crippen LogP contribution is -2.42. The van der Waals surface area contributed by atoms with Crippen molar-refractivity contribution in [2.24, 2.45) is 0 Å². The van der Waals surface area contributed by atoms with E-state index >= 15 is 0 Å². The molecule has 0 saturated heterocycles. The molecule has 0 spiro atoms. The van der Waals surface area contributed by atoms with Crippen LogP contribution in [0.25, 0.3) is 0 Å². The molecule has 0 aliphatic rings. The molecule has 0 saturated carbocycles. The van der Waals surface area contributed by atoms with Gasteiger partial charge in [0.2, 0.25) is 10.0 Å². The maximum Gasteiger partial charge on any atom is 0.402 e. The van der Waals surface area contributed by atoms with Crippen LogP contribution in [0.3, 0.4) is 0 Å². The molecular formula is C8H17F3N2O2S. The van der Waals surface area contributed by atoms with Crippen LogP contribution in [0.5, 0.6) is 0 Å². The Hall–Kier alpha value is -0.340. The summed E-state index contributed by atoms with van der Waals surface area (Å²) in [6.07, 6.45) is -3.69. The van der Waals surface area contributed by atoms with Crippen LogP contribution in [0.15, 0.2) is 0 Å². The third-order valence-electron chi connectivity index (χ3n) is 1.86. The van der Waals surface area contributed by atoms with Crippen molar-refractivity contribution in [1.82, 2.24) is 10.0 Å². The van der Waals surface area contributed by atoms with Gasteiger partial charge in [-0.1, -0.05) is 6.92 Å². The molecule has 0 aromatic carbocycles. The summed E-state index contributed by atoms with van der Waals surface area (Å²) in [5.74, 6) is 0. The van der Waals surface area contributed by atoms with Crippen molar-refractivity contribution in [3.8, 4) is 0 Å². The molecule has 0 heterocycles. The minimum atomic E-state index is -4.52. The highest BCUT2D eigenvalue weighted by Gasteiger charge is 2.31. The molecule has 16 heavy (non-hydrogen) atoms. The molecular weight excluding hydrogens is 245 g/mol. The smallest absolute Gasteiger partial charge is 0.315 e. The molecule has 0 bridgehead atoms. The molecule has 1 atom stereocenters. The summed E-state index contributed by atoms with van der Waals surface area (Å²) in [5, 5.41) is 1.95. The summed E-state index contributed by atoms with van der Waals surface area (Å²) in [5.41, 5.74) is 0. The molecule has 0 aliphatic carbocycles. The number of halogens is 3. The normalized spacial score (nSPS) is 15.1. The van der Waals surface area contributed by atoms with Gasteiger partial charge in [-0.3, -0.25) is 0 Å². The van der Waals surface area contributed by atoms with Crippen molar-refractivity contribution in [3.05, 3.63) is 0 Å². The predicted molar refractivity (Wildman–Crippen MR) is 55.6 cm³/mol. The van der Waals surface area contributed by atoms with Crippen LogP contribution in [0.4, 0.5) is 13.2 Å². The van der Waals surface area contributed by atoms with Crippen LogP contribution in [-0.4, -0.2) is 39.5 Å². The van der Waals surface area contributed by atoms with Gasteiger partial charge in [-0.2, -0.15) is 13.2 Å². The van der Waals surface area contributed by atoms with Crippen molar-refractivity contribution in [3.63, 3.8) is 0 Å². The standard InChI is InChI=1S/C8H17F3N2O2S/c1-3-4-12-5-7(2)16(14,15)13-6-8(9,10)11/h7,12-13H,3-6H2,1-2H3. The lowest BCUT2D eigenvalue weighted by molar-refractivity contribution is -0.121. The molecule has 0 aromatic rings. The highest BCUT2D eigenvalue weighted by Crippen LogP contribution is 2.13. The van der Waals surface area contributed by atoms with Gasteiger partial charge in [-0.25, -0.2) is 13.1 Å². The highest BCUT2D eigenvalue weighted by atomic mass is 32.2. The Morgan fingerprint density at radius 1 is 1.31 bits per heavy atom. The van der Waals surface area contributed by atoms with Crippen LogP contribution in [-0.2, 0) is 10.0 Å². The van der Waals surface area contributed by atoms with Gasteiger partial charge in [0, 0.05) is 6.54 Å². The fourth-order valence-corrected chi connectivity index (χ4v) is 1.90. The zero-order chi connectivity index (χ0) is 12.8. The van der Waals surface area contributed by atoms with Gasteiger partial charge in [0.15, 0.2) is 0 Å². The Labute approximate surface area is 93.7 Å². The van der Waals surface area contributed by atoms with Gasteiger partial charge >= 0.3 is 6.18 Å². The first-order valence-corrected chi connectivity index (χ1v) is 6.49. The lowest BCUT2D eigenvalue weighted by atomic mass is 10.4. The molecule has 0 fully saturated rings. The first kappa shape index (κ1) is 15.7. The molecule has 8 heteroatoms. The van der Waals surface area contributed by atoms with E-state index in [0.29, 0.717) is 6.54 Å². The maximum atomic E-state index is 11.8. The van der Waals surface area contributed by atoms with Crippen LogP contribution in [0.2, 0.25) is 0 Å². The number of sulfonamides is 1. The number of hydrogen-bond acceptors (Lipinski definition) is 3. The summed E-state index contributed by atoms with van der Waals surface area (Å²) in [6.45, 7) is 2.53. The first-order valence-electron chi connectivity index (χ1n) is 4.95. The summed E-state index contributed by atoms with van der Waals surface area (Å²) in [4.78, 5) is 0. The van der Waals surface area contributed by atoms with Crippen molar-refractivity contribution in [2.75, 3.05) is 19.6 Å². The van der Waals surface area contributed by atoms with Crippen molar-refractivity contribution < 1.29 is 21.6 Å². The predicted octanol–water partition coefficient (Wildman–Crippen LogP) is 0.856. The van der Waals surface area contributed by atoms with Gasteiger partial charge < -0.3 is 5.32 Å². The number of hydrogen-bond donors (Lipinski definition) is 2. The average Bonchev–Trinajstić information content (AvgIpc) is 2.14. The van der Waals surface area contributed by atoms with E-state index in [4.69, 9.17) is 0 Å². The molecule has 4 nitrogen and oxygen atoms in total. The SMILES string of the molecule is CCCNCC(C)S(=O)(=O)NCC(F)(F)F. The number of nitrogens with one attached hydrogen (secondary N) is 2. The van der Waals surface area contributed by atoms with E-state index in [9.17, 15) is 21.6 Å². The maximum absolute atomic E-state index is 11.8. The molecule has 2 N–H and O–H groups in total. The second kappa shape index (κ2) is 6.41. The molecule has 0 rings (SSSR count). The molecule has 98 valence electrons. The zero-order valence-corrected chi connectivity index (χ0v) is 10.1. The van der Waals surface area contributed by atoms with Crippen LogP contribution in [0, 0.1) is 0 Å². The Balaban J connectivity index is 4.11. The van der Waals surface area contributed by atoms with Crippen molar-refractivity contribution >= 4 is 10.0 Å². The largest absolute Gasteiger partial charge is 0.402 e. The molecule has 0 radical (unpaired) electrons. The molecule has 1 unspecified atom stereocenters. The van der Waals surface area contributed by atoms with Gasteiger partial charge in [0.25, 0.3) is 0 Å². The van der Waals surface area contributed by atoms with Crippen LogP contribution < -0.4 is 10.0 Å². The highest BCUT2D eigenvalue weighted by molar-refractivity contribution is 7.90. The number of alkyl halides is 3. The Morgan fingerprint density at radius 3 is 2.31 bits per heavy atom.